The number of carbonyl (C=O) groups excluding carboxylic acids is 1. The van der Waals surface area contributed by atoms with Crippen LogP contribution in [0, 0.1) is 0 Å². The first-order valence-corrected chi connectivity index (χ1v) is 8.98. The topological polar surface area (TPSA) is 83.3 Å². The van der Waals surface area contributed by atoms with Crippen molar-refractivity contribution in [2.75, 3.05) is 16.0 Å². The monoisotopic (exact) mass is 372 g/mol. The molecule has 0 spiro atoms. The van der Waals surface area contributed by atoms with E-state index in [2.05, 4.69) is 45.1 Å². The van der Waals surface area contributed by atoms with E-state index in [1.807, 2.05) is 60.7 Å². The molecule has 0 fully saturated rings. The summed E-state index contributed by atoms with van der Waals surface area (Å²) in [7, 11) is 0. The lowest BCUT2D eigenvalue weighted by atomic mass is 10.1. The van der Waals surface area contributed by atoms with Crippen molar-refractivity contribution in [1.82, 2.24) is 14.6 Å². The minimum absolute atomic E-state index is 0.0902. The molecule has 2 amide bonds. The maximum absolute atomic E-state index is 12.3. The predicted molar refractivity (Wildman–Crippen MR) is 111 cm³/mol. The first kappa shape index (κ1) is 17.5. The van der Waals surface area contributed by atoms with E-state index < -0.39 is 0 Å². The van der Waals surface area contributed by atoms with Gasteiger partial charge in [-0.1, -0.05) is 48.5 Å². The number of para-hydroxylation sites is 1. The molecule has 4 rings (SSSR count). The molecule has 1 atom stereocenters. The predicted octanol–water partition coefficient (Wildman–Crippen LogP) is 4.55. The van der Waals surface area contributed by atoms with Crippen LogP contribution in [0.15, 0.2) is 79.0 Å². The minimum atomic E-state index is -0.356. The number of imidazole rings is 1. The Labute approximate surface area is 162 Å². The summed E-state index contributed by atoms with van der Waals surface area (Å²) in [5.41, 5.74) is 2.52. The molecule has 0 radical (unpaired) electrons. The Hall–Kier alpha value is -3.87. The zero-order chi connectivity index (χ0) is 19.3. The lowest BCUT2D eigenvalue weighted by Gasteiger charge is -2.15. The zero-order valence-electron chi connectivity index (χ0n) is 15.3. The van der Waals surface area contributed by atoms with Gasteiger partial charge in [-0.2, -0.15) is 4.52 Å². The smallest absolute Gasteiger partial charge is 0.324 e. The maximum Gasteiger partial charge on any atom is 0.324 e. The van der Waals surface area contributed by atoms with Crippen LogP contribution < -0.4 is 16.0 Å². The van der Waals surface area contributed by atoms with Gasteiger partial charge in [-0.05, 0) is 36.8 Å². The fourth-order valence-electron chi connectivity index (χ4n) is 2.88. The Morgan fingerprint density at radius 1 is 0.929 bits per heavy atom. The Bertz CT molecular complexity index is 1080. The van der Waals surface area contributed by atoms with Crippen molar-refractivity contribution >= 4 is 29.0 Å². The second kappa shape index (κ2) is 7.79. The first-order chi connectivity index (χ1) is 13.7. The minimum Gasteiger partial charge on any atom is -0.362 e. The molecule has 2 heterocycles. The van der Waals surface area contributed by atoms with E-state index in [9.17, 15) is 4.79 Å². The number of nitrogens with zero attached hydrogens (tertiary/aromatic N) is 3. The van der Waals surface area contributed by atoms with Gasteiger partial charge in [0, 0.05) is 11.7 Å². The van der Waals surface area contributed by atoms with Gasteiger partial charge in [0.15, 0.2) is 11.5 Å². The van der Waals surface area contributed by atoms with Crippen LogP contribution >= 0.6 is 0 Å². The molecule has 7 heteroatoms. The molecule has 7 nitrogen and oxygen atoms in total. The molecule has 1 unspecified atom stereocenters. The second-order valence-electron chi connectivity index (χ2n) is 6.35. The summed E-state index contributed by atoms with van der Waals surface area (Å²) in [5.74, 6) is 1.17. The SMILES string of the molecule is CC(Nc1ccc2ncc(NC(=O)Nc3ccccc3)n2n1)c1ccccc1. The van der Waals surface area contributed by atoms with Crippen LogP contribution in [-0.4, -0.2) is 20.6 Å². The molecule has 4 aromatic rings. The Morgan fingerprint density at radius 3 is 2.39 bits per heavy atom. The summed E-state index contributed by atoms with van der Waals surface area (Å²) in [4.78, 5) is 16.6. The molecule has 2 aromatic carbocycles. The van der Waals surface area contributed by atoms with Gasteiger partial charge in [0.05, 0.1) is 6.20 Å². The number of rotatable bonds is 5. The van der Waals surface area contributed by atoms with Gasteiger partial charge >= 0.3 is 6.03 Å². The van der Waals surface area contributed by atoms with Gasteiger partial charge in [0.1, 0.15) is 5.82 Å². The number of anilines is 3. The number of fused-ring (bicyclic) bond motifs is 1. The van der Waals surface area contributed by atoms with Gasteiger partial charge in [0.2, 0.25) is 0 Å². The van der Waals surface area contributed by atoms with Crippen LogP contribution in [0.25, 0.3) is 5.65 Å². The summed E-state index contributed by atoms with van der Waals surface area (Å²) >= 11 is 0. The van der Waals surface area contributed by atoms with Crippen LogP contribution in [0.1, 0.15) is 18.5 Å². The fraction of sp³-hybridized carbons (Fsp3) is 0.0952. The third kappa shape index (κ3) is 3.93. The van der Waals surface area contributed by atoms with Crippen LogP contribution in [0.3, 0.4) is 0 Å². The lowest BCUT2D eigenvalue weighted by Crippen LogP contribution is -2.20. The van der Waals surface area contributed by atoms with E-state index in [0.717, 1.165) is 5.56 Å². The molecule has 0 saturated carbocycles. The fourth-order valence-corrected chi connectivity index (χ4v) is 2.88. The van der Waals surface area contributed by atoms with Crippen molar-refractivity contribution in [1.29, 1.82) is 0 Å². The Kier molecular flexibility index (Phi) is 4.88. The maximum atomic E-state index is 12.3. The number of hydrogen-bond acceptors (Lipinski definition) is 4. The zero-order valence-corrected chi connectivity index (χ0v) is 15.3. The highest BCUT2D eigenvalue weighted by molar-refractivity contribution is 5.99. The molecule has 0 bridgehead atoms. The molecule has 0 aliphatic carbocycles. The Morgan fingerprint density at radius 2 is 1.64 bits per heavy atom. The van der Waals surface area contributed by atoms with Gasteiger partial charge in [-0.25, -0.2) is 9.78 Å². The number of hydrogen-bond donors (Lipinski definition) is 3. The highest BCUT2D eigenvalue weighted by atomic mass is 16.2. The van der Waals surface area contributed by atoms with Crippen molar-refractivity contribution in [3.63, 3.8) is 0 Å². The summed E-state index contributed by atoms with van der Waals surface area (Å²) in [6.07, 6.45) is 1.58. The molecule has 28 heavy (non-hydrogen) atoms. The lowest BCUT2D eigenvalue weighted by molar-refractivity contribution is 0.262. The van der Waals surface area contributed by atoms with Gasteiger partial charge < -0.3 is 10.6 Å². The molecule has 0 saturated heterocycles. The van der Waals surface area contributed by atoms with Gasteiger partial charge in [-0.15, -0.1) is 5.10 Å². The quantitative estimate of drug-likeness (QED) is 0.480. The van der Waals surface area contributed by atoms with E-state index in [1.165, 1.54) is 0 Å². The number of urea groups is 1. The highest BCUT2D eigenvalue weighted by Crippen LogP contribution is 2.19. The first-order valence-electron chi connectivity index (χ1n) is 8.98. The molecule has 0 aliphatic heterocycles. The number of nitrogens with one attached hydrogen (secondary N) is 3. The van der Waals surface area contributed by atoms with Crippen molar-refractivity contribution in [2.45, 2.75) is 13.0 Å². The third-order valence-corrected chi connectivity index (χ3v) is 4.30. The number of aromatic nitrogens is 3. The molecular weight excluding hydrogens is 352 g/mol. The third-order valence-electron chi connectivity index (χ3n) is 4.30. The molecule has 3 N–H and O–H groups in total. The van der Waals surface area contributed by atoms with Gasteiger partial charge in [0.25, 0.3) is 0 Å². The highest BCUT2D eigenvalue weighted by Gasteiger charge is 2.11. The average Bonchev–Trinajstić information content (AvgIpc) is 3.11. The Balaban J connectivity index is 1.50. The summed E-state index contributed by atoms with van der Waals surface area (Å²) in [6.45, 7) is 2.07. The standard InChI is InChI=1S/C21H20N6O/c1-15(16-8-4-2-5-9-16)23-18-12-13-19-22-14-20(27(19)26-18)25-21(28)24-17-10-6-3-7-11-17/h2-15H,1H3,(H,23,26)(H2,24,25,28). The molecule has 140 valence electrons. The van der Waals surface area contributed by atoms with Crippen molar-refractivity contribution in [3.05, 3.63) is 84.6 Å². The van der Waals surface area contributed by atoms with Crippen LogP contribution in [0.2, 0.25) is 0 Å². The van der Waals surface area contributed by atoms with E-state index in [-0.39, 0.29) is 12.1 Å². The van der Waals surface area contributed by atoms with Crippen molar-refractivity contribution in [3.8, 4) is 0 Å². The average molecular weight is 372 g/mol. The van der Waals surface area contributed by atoms with Gasteiger partial charge in [-0.3, -0.25) is 5.32 Å². The van der Waals surface area contributed by atoms with Crippen LogP contribution in [0.5, 0.6) is 0 Å². The summed E-state index contributed by atoms with van der Waals surface area (Å²) in [6, 6.07) is 22.8. The number of amides is 2. The summed E-state index contributed by atoms with van der Waals surface area (Å²) in [5, 5.41) is 13.5. The van der Waals surface area contributed by atoms with E-state index in [1.54, 1.807) is 10.7 Å². The van der Waals surface area contributed by atoms with E-state index in [0.29, 0.717) is 23.0 Å². The van der Waals surface area contributed by atoms with E-state index in [4.69, 9.17) is 0 Å². The van der Waals surface area contributed by atoms with Crippen molar-refractivity contribution in [2.24, 2.45) is 0 Å². The van der Waals surface area contributed by atoms with E-state index >= 15 is 0 Å². The summed E-state index contributed by atoms with van der Waals surface area (Å²) < 4.78 is 1.60. The number of benzene rings is 2. The van der Waals surface area contributed by atoms with Crippen molar-refractivity contribution < 1.29 is 4.79 Å². The second-order valence-corrected chi connectivity index (χ2v) is 6.35. The van der Waals surface area contributed by atoms with Crippen LogP contribution in [0.4, 0.5) is 22.1 Å². The largest absolute Gasteiger partial charge is 0.362 e. The molecular formula is C21H20N6O. The normalized spacial score (nSPS) is 11.8. The molecule has 0 aliphatic rings. The van der Waals surface area contributed by atoms with Crippen LogP contribution in [-0.2, 0) is 0 Å². The number of carbonyl (C=O) groups is 1. The molecule has 2 aromatic heterocycles.